The van der Waals surface area contributed by atoms with Crippen molar-refractivity contribution >= 4 is 5.97 Å². The van der Waals surface area contributed by atoms with Crippen LogP contribution in [0.25, 0.3) is 0 Å². The van der Waals surface area contributed by atoms with E-state index in [2.05, 4.69) is 10.3 Å². The lowest BCUT2D eigenvalue weighted by Crippen LogP contribution is -2.14. The average Bonchev–Trinajstić information content (AvgIpc) is 2.39. The first-order valence-corrected chi connectivity index (χ1v) is 5.79. The molecule has 1 aromatic rings. The third kappa shape index (κ3) is 4.97. The molecule has 0 amide bonds. The highest BCUT2D eigenvalue weighted by Gasteiger charge is 2.01. The summed E-state index contributed by atoms with van der Waals surface area (Å²) in [5, 5.41) is 3.16. The number of methoxy groups -OCH3 is 1. The van der Waals surface area contributed by atoms with Gasteiger partial charge in [-0.1, -0.05) is 12.1 Å². The van der Waals surface area contributed by atoms with Gasteiger partial charge in [0, 0.05) is 30.9 Å². The van der Waals surface area contributed by atoms with E-state index in [0.717, 1.165) is 5.56 Å². The van der Waals surface area contributed by atoms with Crippen molar-refractivity contribution in [2.75, 3.05) is 20.3 Å². The zero-order valence-corrected chi connectivity index (χ0v) is 10.7. The van der Waals surface area contributed by atoms with Gasteiger partial charge in [-0.3, -0.25) is 0 Å². The summed E-state index contributed by atoms with van der Waals surface area (Å²) in [6.07, 6.45) is 4.82. The second-order valence-corrected chi connectivity index (χ2v) is 3.46. The maximum Gasteiger partial charge on any atom is 0.330 e. The maximum atomic E-state index is 11.0. The molecule has 1 N–H and O–H groups in total. The van der Waals surface area contributed by atoms with Crippen LogP contribution in [0.2, 0.25) is 0 Å². The molecule has 0 radical (unpaired) electrons. The van der Waals surface area contributed by atoms with Crippen LogP contribution < -0.4 is 10.1 Å². The van der Waals surface area contributed by atoms with Crippen molar-refractivity contribution in [2.45, 2.75) is 13.5 Å². The topological polar surface area (TPSA) is 60.5 Å². The molecule has 0 saturated carbocycles. The van der Waals surface area contributed by atoms with Gasteiger partial charge >= 0.3 is 5.97 Å². The molecule has 0 aliphatic rings. The average molecular weight is 250 g/mol. The second-order valence-electron chi connectivity index (χ2n) is 3.46. The maximum absolute atomic E-state index is 11.0. The molecule has 0 fully saturated rings. The van der Waals surface area contributed by atoms with Gasteiger partial charge in [0.2, 0.25) is 5.88 Å². The number of nitrogens with zero attached hydrogens (tertiary/aromatic N) is 1. The minimum Gasteiger partial charge on any atom is -0.481 e. The lowest BCUT2D eigenvalue weighted by molar-refractivity contribution is -0.137. The highest BCUT2D eigenvalue weighted by Crippen LogP contribution is 2.12. The van der Waals surface area contributed by atoms with E-state index in [-0.39, 0.29) is 5.97 Å². The first-order chi connectivity index (χ1) is 8.77. The third-order valence-corrected chi connectivity index (χ3v) is 2.16. The van der Waals surface area contributed by atoms with E-state index in [0.29, 0.717) is 25.6 Å². The molecule has 5 heteroatoms. The van der Waals surface area contributed by atoms with E-state index in [1.165, 1.54) is 6.08 Å². The van der Waals surface area contributed by atoms with E-state index in [9.17, 15) is 4.79 Å². The zero-order valence-electron chi connectivity index (χ0n) is 10.7. The number of nitrogens with one attached hydrogen (secondary N) is 1. The van der Waals surface area contributed by atoms with Crippen LogP contribution in [-0.2, 0) is 16.1 Å². The molecule has 0 unspecified atom stereocenters. The van der Waals surface area contributed by atoms with Gasteiger partial charge in [-0.25, -0.2) is 9.78 Å². The predicted octanol–water partition coefficient (Wildman–Crippen LogP) is 1.30. The number of rotatable bonds is 7. The molecule has 0 saturated heterocycles. The van der Waals surface area contributed by atoms with Crippen LogP contribution in [0.1, 0.15) is 12.5 Å². The number of hydrogen-bond donors (Lipinski definition) is 1. The number of hydrogen-bond acceptors (Lipinski definition) is 5. The fourth-order valence-corrected chi connectivity index (χ4v) is 1.38. The summed E-state index contributed by atoms with van der Waals surface area (Å²) in [5.74, 6) is 0.289. The molecule has 18 heavy (non-hydrogen) atoms. The van der Waals surface area contributed by atoms with Crippen LogP contribution in [0, 0.1) is 0 Å². The number of carbonyl (C=O) groups is 1. The number of ether oxygens (including phenoxy) is 2. The molecular formula is C13H18N2O3. The van der Waals surface area contributed by atoms with Crippen LogP contribution >= 0.6 is 0 Å². The molecular weight excluding hydrogens is 232 g/mol. The number of esters is 1. The van der Waals surface area contributed by atoms with Crippen molar-refractivity contribution < 1.29 is 14.3 Å². The smallest absolute Gasteiger partial charge is 0.330 e. The summed E-state index contributed by atoms with van der Waals surface area (Å²) in [7, 11) is 1.59. The highest BCUT2D eigenvalue weighted by molar-refractivity contribution is 5.81. The summed E-state index contributed by atoms with van der Waals surface area (Å²) in [6, 6.07) is 3.79. The molecule has 1 heterocycles. The van der Waals surface area contributed by atoms with Crippen LogP contribution in [0.15, 0.2) is 30.5 Å². The first-order valence-electron chi connectivity index (χ1n) is 5.79. The standard InChI is InChI=1S/C13H18N2O3/c1-3-18-12(16)7-5-8-14-10-11-6-4-9-15-13(11)17-2/h4-7,9,14H,3,8,10H2,1-2H3/b7-5+. The summed E-state index contributed by atoms with van der Waals surface area (Å²) in [5.41, 5.74) is 0.976. The summed E-state index contributed by atoms with van der Waals surface area (Å²) in [4.78, 5) is 15.1. The van der Waals surface area contributed by atoms with E-state index < -0.39 is 0 Å². The van der Waals surface area contributed by atoms with Crippen LogP contribution in [0.3, 0.4) is 0 Å². The fourth-order valence-electron chi connectivity index (χ4n) is 1.38. The lowest BCUT2D eigenvalue weighted by atomic mass is 10.2. The molecule has 0 bridgehead atoms. The molecule has 0 aliphatic carbocycles. The van der Waals surface area contributed by atoms with Crippen molar-refractivity contribution in [1.29, 1.82) is 0 Å². The molecule has 5 nitrogen and oxygen atoms in total. The van der Waals surface area contributed by atoms with Gasteiger partial charge in [-0.05, 0) is 13.0 Å². The van der Waals surface area contributed by atoms with Gasteiger partial charge in [0.1, 0.15) is 0 Å². The molecule has 1 rings (SSSR count). The van der Waals surface area contributed by atoms with Crippen molar-refractivity contribution in [2.24, 2.45) is 0 Å². The molecule has 0 atom stereocenters. The Labute approximate surface area is 107 Å². The first kappa shape index (κ1) is 14.2. The third-order valence-electron chi connectivity index (χ3n) is 2.16. The fraction of sp³-hybridized carbons (Fsp3) is 0.385. The minimum absolute atomic E-state index is 0.321. The molecule has 0 aromatic carbocycles. The summed E-state index contributed by atoms with van der Waals surface area (Å²) >= 11 is 0. The van der Waals surface area contributed by atoms with E-state index in [1.807, 2.05) is 12.1 Å². The van der Waals surface area contributed by atoms with Gasteiger partial charge in [0.25, 0.3) is 0 Å². The Morgan fingerprint density at radius 2 is 2.39 bits per heavy atom. The summed E-state index contributed by atoms with van der Waals surface area (Å²) in [6.45, 7) is 3.38. The highest BCUT2D eigenvalue weighted by atomic mass is 16.5. The zero-order chi connectivity index (χ0) is 13.2. The summed E-state index contributed by atoms with van der Waals surface area (Å²) < 4.78 is 9.89. The molecule has 1 aromatic heterocycles. The Morgan fingerprint density at radius 1 is 1.56 bits per heavy atom. The van der Waals surface area contributed by atoms with Crippen LogP contribution in [0.4, 0.5) is 0 Å². The van der Waals surface area contributed by atoms with Gasteiger partial charge in [-0.15, -0.1) is 0 Å². The van der Waals surface area contributed by atoms with Crippen molar-refractivity contribution in [3.8, 4) is 5.88 Å². The Balaban J connectivity index is 2.31. The van der Waals surface area contributed by atoms with Crippen LogP contribution in [0.5, 0.6) is 5.88 Å². The Hall–Kier alpha value is -1.88. The van der Waals surface area contributed by atoms with Gasteiger partial charge in [-0.2, -0.15) is 0 Å². The van der Waals surface area contributed by atoms with E-state index >= 15 is 0 Å². The minimum atomic E-state index is -0.321. The lowest BCUT2D eigenvalue weighted by Gasteiger charge is -2.06. The van der Waals surface area contributed by atoms with E-state index in [1.54, 1.807) is 26.3 Å². The van der Waals surface area contributed by atoms with Gasteiger partial charge in [0.05, 0.1) is 13.7 Å². The van der Waals surface area contributed by atoms with Crippen molar-refractivity contribution in [1.82, 2.24) is 10.3 Å². The predicted molar refractivity (Wildman–Crippen MR) is 68.3 cm³/mol. The van der Waals surface area contributed by atoms with E-state index in [4.69, 9.17) is 9.47 Å². The molecule has 0 spiro atoms. The second kappa shape index (κ2) is 8.25. The largest absolute Gasteiger partial charge is 0.481 e. The SMILES string of the molecule is CCOC(=O)/C=C/CNCc1cccnc1OC. The molecule has 0 aliphatic heterocycles. The van der Waals surface area contributed by atoms with Crippen molar-refractivity contribution in [3.05, 3.63) is 36.0 Å². The van der Waals surface area contributed by atoms with Crippen LogP contribution in [-0.4, -0.2) is 31.2 Å². The number of aromatic nitrogens is 1. The normalized spacial score (nSPS) is 10.6. The van der Waals surface area contributed by atoms with Gasteiger partial charge < -0.3 is 14.8 Å². The quantitative estimate of drug-likeness (QED) is 0.449. The van der Waals surface area contributed by atoms with Crippen molar-refractivity contribution in [3.63, 3.8) is 0 Å². The monoisotopic (exact) mass is 250 g/mol. The Kier molecular flexibility index (Phi) is 6.50. The van der Waals surface area contributed by atoms with Gasteiger partial charge in [0.15, 0.2) is 0 Å². The Bertz CT molecular complexity index is 405. The number of pyridine rings is 1. The molecule has 98 valence electrons. The number of carbonyl (C=O) groups excluding carboxylic acids is 1. The Morgan fingerprint density at radius 3 is 3.11 bits per heavy atom.